The Morgan fingerprint density at radius 1 is 1.55 bits per heavy atom. The fourth-order valence-electron chi connectivity index (χ4n) is 2.31. The molecule has 108 valence electrons. The number of rotatable bonds is 3. The first kappa shape index (κ1) is 14.2. The molecule has 1 aliphatic heterocycles. The molecule has 20 heavy (non-hydrogen) atoms. The number of nitrogen functional groups attached to an aromatic ring is 1. The van der Waals surface area contributed by atoms with Crippen molar-refractivity contribution in [1.29, 1.82) is 0 Å². The number of benzene rings is 1. The van der Waals surface area contributed by atoms with Crippen LogP contribution in [0.2, 0.25) is 0 Å². The molecule has 2 rings (SSSR count). The lowest BCUT2D eigenvalue weighted by Gasteiger charge is -2.35. The number of carbonyl (C=O) groups is 2. The van der Waals surface area contributed by atoms with Crippen molar-refractivity contribution in [1.82, 2.24) is 10.6 Å². The standard InChI is InChI=1S/C14H20N4O2/c1-3-16-14(20)10-4-5-11(15)12(8-10)18-7-6-17-13(19)9(18)2/h4-5,8-9H,3,6-7,15H2,1-2H3,(H,16,20)(H,17,19). The highest BCUT2D eigenvalue weighted by atomic mass is 16.2. The maximum Gasteiger partial charge on any atom is 0.251 e. The minimum absolute atomic E-state index is 0.0286. The van der Waals surface area contributed by atoms with Gasteiger partial charge in [-0.05, 0) is 32.0 Å². The van der Waals surface area contributed by atoms with E-state index in [2.05, 4.69) is 10.6 Å². The molecule has 0 aliphatic carbocycles. The van der Waals surface area contributed by atoms with Gasteiger partial charge >= 0.3 is 0 Å². The highest BCUT2D eigenvalue weighted by molar-refractivity contribution is 5.97. The Bertz CT molecular complexity index is 530. The molecule has 0 spiro atoms. The molecule has 1 fully saturated rings. The predicted octanol–water partition coefficient (Wildman–Crippen LogP) is 0.343. The van der Waals surface area contributed by atoms with Crippen LogP contribution in [-0.4, -0.2) is 37.5 Å². The van der Waals surface area contributed by atoms with Gasteiger partial charge in [0.15, 0.2) is 0 Å². The van der Waals surface area contributed by atoms with Crippen molar-refractivity contribution in [2.24, 2.45) is 0 Å². The Kier molecular flexibility index (Phi) is 4.12. The lowest BCUT2D eigenvalue weighted by atomic mass is 10.1. The van der Waals surface area contributed by atoms with E-state index in [0.29, 0.717) is 30.9 Å². The Morgan fingerprint density at radius 3 is 3.00 bits per heavy atom. The van der Waals surface area contributed by atoms with Crippen LogP contribution < -0.4 is 21.3 Å². The fourth-order valence-corrected chi connectivity index (χ4v) is 2.31. The zero-order chi connectivity index (χ0) is 14.7. The quantitative estimate of drug-likeness (QED) is 0.695. The number of nitrogens with zero attached hydrogens (tertiary/aromatic N) is 1. The smallest absolute Gasteiger partial charge is 0.251 e. The summed E-state index contributed by atoms with van der Waals surface area (Å²) in [6.45, 7) is 5.52. The van der Waals surface area contributed by atoms with E-state index < -0.39 is 0 Å². The largest absolute Gasteiger partial charge is 0.397 e. The lowest BCUT2D eigenvalue weighted by Crippen LogP contribution is -2.54. The molecule has 0 aromatic heterocycles. The molecule has 4 N–H and O–H groups in total. The molecule has 0 bridgehead atoms. The highest BCUT2D eigenvalue weighted by Gasteiger charge is 2.27. The number of piperazine rings is 1. The Hall–Kier alpha value is -2.24. The third-order valence-electron chi connectivity index (χ3n) is 3.44. The number of carbonyl (C=O) groups excluding carboxylic acids is 2. The molecule has 2 amide bonds. The zero-order valence-electron chi connectivity index (χ0n) is 11.8. The number of nitrogens with one attached hydrogen (secondary N) is 2. The first-order chi connectivity index (χ1) is 9.54. The molecule has 1 unspecified atom stereocenters. The van der Waals surface area contributed by atoms with E-state index in [9.17, 15) is 9.59 Å². The van der Waals surface area contributed by atoms with Gasteiger partial charge in [-0.2, -0.15) is 0 Å². The second-order valence-corrected chi connectivity index (χ2v) is 4.79. The highest BCUT2D eigenvalue weighted by Crippen LogP contribution is 2.27. The summed E-state index contributed by atoms with van der Waals surface area (Å²) >= 11 is 0. The molecule has 6 nitrogen and oxygen atoms in total. The molecule has 0 radical (unpaired) electrons. The van der Waals surface area contributed by atoms with Gasteiger partial charge in [0.2, 0.25) is 5.91 Å². The van der Waals surface area contributed by atoms with Crippen molar-refractivity contribution in [2.45, 2.75) is 19.9 Å². The second kappa shape index (κ2) is 5.81. The molecule has 1 aromatic carbocycles. The number of amides is 2. The van der Waals surface area contributed by atoms with Gasteiger partial charge in [-0.3, -0.25) is 9.59 Å². The van der Waals surface area contributed by atoms with Crippen molar-refractivity contribution in [2.75, 3.05) is 30.3 Å². The average molecular weight is 276 g/mol. The summed E-state index contributed by atoms with van der Waals surface area (Å²) in [6.07, 6.45) is 0. The van der Waals surface area contributed by atoms with E-state index in [1.807, 2.05) is 18.7 Å². The molecular weight excluding hydrogens is 256 g/mol. The Morgan fingerprint density at radius 2 is 2.30 bits per heavy atom. The van der Waals surface area contributed by atoms with E-state index >= 15 is 0 Å². The molecule has 1 atom stereocenters. The fraction of sp³-hybridized carbons (Fsp3) is 0.429. The summed E-state index contributed by atoms with van der Waals surface area (Å²) in [6, 6.07) is 4.85. The zero-order valence-corrected chi connectivity index (χ0v) is 11.8. The summed E-state index contributed by atoms with van der Waals surface area (Å²) in [7, 11) is 0. The van der Waals surface area contributed by atoms with Crippen molar-refractivity contribution in [3.8, 4) is 0 Å². The maximum atomic E-state index is 11.9. The third-order valence-corrected chi connectivity index (χ3v) is 3.44. The Labute approximate surface area is 118 Å². The van der Waals surface area contributed by atoms with E-state index in [-0.39, 0.29) is 17.9 Å². The van der Waals surface area contributed by atoms with Crippen molar-refractivity contribution < 1.29 is 9.59 Å². The molecule has 1 aliphatic rings. The Balaban J connectivity index is 2.33. The van der Waals surface area contributed by atoms with Gasteiger partial charge < -0.3 is 21.3 Å². The summed E-state index contributed by atoms with van der Waals surface area (Å²) in [5.74, 6) is -0.165. The van der Waals surface area contributed by atoms with E-state index in [1.54, 1.807) is 18.2 Å². The van der Waals surface area contributed by atoms with Crippen molar-refractivity contribution in [3.63, 3.8) is 0 Å². The summed E-state index contributed by atoms with van der Waals surface area (Å²) in [5.41, 5.74) is 7.85. The van der Waals surface area contributed by atoms with Crippen LogP contribution in [0.3, 0.4) is 0 Å². The van der Waals surface area contributed by atoms with E-state index in [4.69, 9.17) is 5.73 Å². The monoisotopic (exact) mass is 276 g/mol. The molecule has 1 saturated heterocycles. The predicted molar refractivity (Wildman–Crippen MR) is 78.7 cm³/mol. The van der Waals surface area contributed by atoms with Crippen LogP contribution in [0.1, 0.15) is 24.2 Å². The molecule has 1 aromatic rings. The minimum atomic E-state index is -0.296. The number of nitrogens with two attached hydrogens (primary N) is 1. The third kappa shape index (κ3) is 2.68. The van der Waals surface area contributed by atoms with Gasteiger partial charge in [0.05, 0.1) is 11.4 Å². The van der Waals surface area contributed by atoms with Gasteiger partial charge in [-0.15, -0.1) is 0 Å². The topological polar surface area (TPSA) is 87.5 Å². The minimum Gasteiger partial charge on any atom is -0.397 e. The summed E-state index contributed by atoms with van der Waals surface area (Å²) in [5, 5.41) is 5.56. The molecule has 1 heterocycles. The molecule has 6 heteroatoms. The maximum absolute atomic E-state index is 11.9. The first-order valence-corrected chi connectivity index (χ1v) is 6.76. The van der Waals surface area contributed by atoms with Crippen LogP contribution in [0, 0.1) is 0 Å². The number of hydrogen-bond donors (Lipinski definition) is 3. The normalized spacial score (nSPS) is 18.6. The first-order valence-electron chi connectivity index (χ1n) is 6.76. The van der Waals surface area contributed by atoms with Crippen LogP contribution in [0.4, 0.5) is 11.4 Å². The van der Waals surface area contributed by atoms with Crippen LogP contribution in [-0.2, 0) is 4.79 Å². The van der Waals surface area contributed by atoms with Gasteiger partial charge in [0, 0.05) is 25.2 Å². The van der Waals surface area contributed by atoms with Crippen LogP contribution in [0.25, 0.3) is 0 Å². The van der Waals surface area contributed by atoms with Crippen LogP contribution in [0.5, 0.6) is 0 Å². The number of hydrogen-bond acceptors (Lipinski definition) is 4. The summed E-state index contributed by atoms with van der Waals surface area (Å²) in [4.78, 5) is 25.6. The van der Waals surface area contributed by atoms with Crippen molar-refractivity contribution >= 4 is 23.2 Å². The van der Waals surface area contributed by atoms with Crippen LogP contribution >= 0.6 is 0 Å². The van der Waals surface area contributed by atoms with Gasteiger partial charge in [0.1, 0.15) is 6.04 Å². The van der Waals surface area contributed by atoms with E-state index in [0.717, 1.165) is 5.69 Å². The van der Waals surface area contributed by atoms with Gasteiger partial charge in [-0.25, -0.2) is 0 Å². The van der Waals surface area contributed by atoms with Gasteiger partial charge in [0.25, 0.3) is 5.91 Å². The van der Waals surface area contributed by atoms with Gasteiger partial charge in [-0.1, -0.05) is 0 Å². The van der Waals surface area contributed by atoms with E-state index in [1.165, 1.54) is 0 Å². The van der Waals surface area contributed by atoms with Crippen LogP contribution in [0.15, 0.2) is 18.2 Å². The van der Waals surface area contributed by atoms with Crippen molar-refractivity contribution in [3.05, 3.63) is 23.8 Å². The average Bonchev–Trinajstić information content (AvgIpc) is 2.43. The second-order valence-electron chi connectivity index (χ2n) is 4.79. The lowest BCUT2D eigenvalue weighted by molar-refractivity contribution is -0.122. The molecule has 0 saturated carbocycles. The number of anilines is 2. The summed E-state index contributed by atoms with van der Waals surface area (Å²) < 4.78 is 0. The molecular formula is C14H20N4O2. The SMILES string of the molecule is CCNC(=O)c1ccc(N)c(N2CCNC(=O)C2C)c1.